The van der Waals surface area contributed by atoms with Crippen molar-refractivity contribution in [1.82, 2.24) is 5.32 Å². The second kappa shape index (κ2) is 10.7. The lowest BCUT2D eigenvalue weighted by Gasteiger charge is -2.17. The lowest BCUT2D eigenvalue weighted by molar-refractivity contribution is 0.0441. The Morgan fingerprint density at radius 1 is 1.00 bits per heavy atom. The van der Waals surface area contributed by atoms with Crippen molar-refractivity contribution in [2.24, 2.45) is 0 Å². The molecule has 0 aliphatic rings. The second-order valence-corrected chi connectivity index (χ2v) is 4.53. The Labute approximate surface area is 122 Å². The van der Waals surface area contributed by atoms with Gasteiger partial charge in [-0.1, -0.05) is 19.1 Å². The van der Waals surface area contributed by atoms with Crippen LogP contribution in [0.5, 0.6) is 5.75 Å². The second-order valence-electron chi connectivity index (χ2n) is 4.53. The molecule has 1 aromatic rings. The van der Waals surface area contributed by atoms with Crippen LogP contribution in [0.3, 0.4) is 0 Å². The third-order valence-electron chi connectivity index (χ3n) is 2.96. The molecule has 1 unspecified atom stereocenters. The van der Waals surface area contributed by atoms with Crippen molar-refractivity contribution in [2.75, 3.05) is 40.1 Å². The first-order valence-corrected chi connectivity index (χ1v) is 7.37. The van der Waals surface area contributed by atoms with Crippen LogP contribution in [0.4, 0.5) is 0 Å². The van der Waals surface area contributed by atoms with Gasteiger partial charge in [-0.2, -0.15) is 0 Å². The van der Waals surface area contributed by atoms with E-state index in [4.69, 9.17) is 14.2 Å². The molecule has 4 heteroatoms. The van der Waals surface area contributed by atoms with Crippen LogP contribution in [0.25, 0.3) is 0 Å². The van der Waals surface area contributed by atoms with Gasteiger partial charge >= 0.3 is 0 Å². The highest BCUT2D eigenvalue weighted by molar-refractivity contribution is 5.29. The highest BCUT2D eigenvalue weighted by Gasteiger charge is 2.09. The fourth-order valence-corrected chi connectivity index (χ4v) is 1.83. The first-order valence-electron chi connectivity index (χ1n) is 7.37. The minimum absolute atomic E-state index is 0.192. The third-order valence-corrected chi connectivity index (χ3v) is 2.96. The third kappa shape index (κ3) is 6.37. The molecule has 1 N–H and O–H groups in total. The van der Waals surface area contributed by atoms with Gasteiger partial charge in [0.25, 0.3) is 0 Å². The van der Waals surface area contributed by atoms with Crippen LogP contribution in [-0.4, -0.2) is 40.1 Å². The van der Waals surface area contributed by atoms with Gasteiger partial charge in [-0.15, -0.1) is 0 Å². The molecule has 0 amide bonds. The summed E-state index contributed by atoms with van der Waals surface area (Å²) in [5, 5.41) is 3.27. The van der Waals surface area contributed by atoms with Crippen molar-refractivity contribution in [2.45, 2.75) is 26.3 Å². The molecule has 0 aromatic heterocycles. The number of ether oxygens (including phenoxy) is 3. The van der Waals surface area contributed by atoms with Crippen molar-refractivity contribution in [3.8, 4) is 5.75 Å². The largest absolute Gasteiger partial charge is 0.494 e. The summed E-state index contributed by atoms with van der Waals surface area (Å²) in [7, 11) is 1.94. The monoisotopic (exact) mass is 281 g/mol. The van der Waals surface area contributed by atoms with Gasteiger partial charge in [0.2, 0.25) is 0 Å². The Hall–Kier alpha value is -1.10. The van der Waals surface area contributed by atoms with Crippen LogP contribution in [0.15, 0.2) is 24.3 Å². The summed E-state index contributed by atoms with van der Waals surface area (Å²) >= 11 is 0. The van der Waals surface area contributed by atoms with E-state index < -0.39 is 0 Å². The molecular weight excluding hydrogens is 254 g/mol. The predicted octanol–water partition coefficient (Wildman–Crippen LogP) is 2.79. The fourth-order valence-electron chi connectivity index (χ4n) is 1.83. The number of hydrogen-bond acceptors (Lipinski definition) is 4. The quantitative estimate of drug-likeness (QED) is 0.633. The zero-order chi connectivity index (χ0) is 14.6. The molecule has 1 rings (SSSR count). The topological polar surface area (TPSA) is 39.7 Å². The Kier molecular flexibility index (Phi) is 9.04. The minimum atomic E-state index is 0.192. The first kappa shape index (κ1) is 17.0. The van der Waals surface area contributed by atoms with Crippen LogP contribution in [0.1, 0.15) is 31.9 Å². The summed E-state index contributed by atoms with van der Waals surface area (Å²) in [6, 6.07) is 8.37. The summed E-state index contributed by atoms with van der Waals surface area (Å²) in [4.78, 5) is 0. The number of benzene rings is 1. The molecule has 1 atom stereocenters. The van der Waals surface area contributed by atoms with Gasteiger partial charge in [0, 0.05) is 6.61 Å². The smallest absolute Gasteiger partial charge is 0.119 e. The Morgan fingerprint density at radius 2 is 1.70 bits per heavy atom. The van der Waals surface area contributed by atoms with Crippen molar-refractivity contribution in [1.29, 1.82) is 0 Å². The molecule has 0 aliphatic carbocycles. The van der Waals surface area contributed by atoms with E-state index in [9.17, 15) is 0 Å². The zero-order valence-corrected chi connectivity index (χ0v) is 12.9. The fraction of sp³-hybridized carbons (Fsp3) is 0.625. The molecule has 0 spiro atoms. The molecule has 20 heavy (non-hydrogen) atoms. The van der Waals surface area contributed by atoms with Gasteiger partial charge in [0.15, 0.2) is 0 Å². The van der Waals surface area contributed by atoms with Crippen molar-refractivity contribution in [3.63, 3.8) is 0 Å². The molecule has 0 saturated carbocycles. The predicted molar refractivity (Wildman–Crippen MR) is 81.3 cm³/mol. The maximum Gasteiger partial charge on any atom is 0.119 e. The lowest BCUT2D eigenvalue weighted by Crippen LogP contribution is -2.22. The first-order chi connectivity index (χ1) is 9.81. The van der Waals surface area contributed by atoms with E-state index in [1.54, 1.807) is 0 Å². The Bertz CT molecular complexity index is 340. The molecule has 0 bridgehead atoms. The van der Waals surface area contributed by atoms with Crippen LogP contribution in [-0.2, 0) is 9.47 Å². The van der Waals surface area contributed by atoms with E-state index in [0.29, 0.717) is 19.8 Å². The molecule has 0 fully saturated rings. The average Bonchev–Trinajstić information content (AvgIpc) is 2.49. The molecule has 1 aromatic carbocycles. The molecule has 0 aliphatic heterocycles. The van der Waals surface area contributed by atoms with E-state index in [-0.39, 0.29) is 6.04 Å². The van der Waals surface area contributed by atoms with E-state index in [1.165, 1.54) is 5.56 Å². The van der Waals surface area contributed by atoms with Crippen LogP contribution in [0, 0.1) is 0 Å². The average molecular weight is 281 g/mol. The molecule has 0 radical (unpaired) electrons. The van der Waals surface area contributed by atoms with E-state index >= 15 is 0 Å². The van der Waals surface area contributed by atoms with Crippen molar-refractivity contribution in [3.05, 3.63) is 29.8 Å². The van der Waals surface area contributed by atoms with Crippen LogP contribution >= 0.6 is 0 Å². The van der Waals surface area contributed by atoms with Crippen LogP contribution < -0.4 is 10.1 Å². The van der Waals surface area contributed by atoms with Gasteiger partial charge in [0.05, 0.1) is 32.5 Å². The highest BCUT2D eigenvalue weighted by Crippen LogP contribution is 2.18. The summed E-state index contributed by atoms with van der Waals surface area (Å²) in [6.45, 7) is 7.50. The summed E-state index contributed by atoms with van der Waals surface area (Å²) in [6.07, 6.45) is 1.02. The minimum Gasteiger partial charge on any atom is -0.494 e. The van der Waals surface area contributed by atoms with E-state index in [2.05, 4.69) is 24.4 Å². The van der Waals surface area contributed by atoms with E-state index in [1.807, 2.05) is 26.1 Å². The van der Waals surface area contributed by atoms with Crippen molar-refractivity contribution < 1.29 is 14.2 Å². The van der Waals surface area contributed by atoms with Gasteiger partial charge < -0.3 is 19.5 Å². The van der Waals surface area contributed by atoms with Crippen molar-refractivity contribution >= 4 is 0 Å². The molecule has 4 nitrogen and oxygen atoms in total. The Morgan fingerprint density at radius 3 is 2.30 bits per heavy atom. The number of rotatable bonds is 11. The summed E-state index contributed by atoms with van der Waals surface area (Å²) in [5.74, 6) is 0.919. The van der Waals surface area contributed by atoms with Gasteiger partial charge in [-0.25, -0.2) is 0 Å². The lowest BCUT2D eigenvalue weighted by atomic mass is 10.1. The molecule has 0 heterocycles. The number of likely N-dealkylation sites (N-methyl/N-ethyl adjacent to an activating group) is 1. The SMILES string of the molecule is CCCOc1ccc(C(COCCOCC)NC)cc1. The molecular formula is C16H27NO3. The maximum absolute atomic E-state index is 5.62. The Balaban J connectivity index is 2.40. The normalized spacial score (nSPS) is 12.3. The van der Waals surface area contributed by atoms with Gasteiger partial charge in [0.1, 0.15) is 5.75 Å². The van der Waals surface area contributed by atoms with Gasteiger partial charge in [-0.05, 0) is 38.1 Å². The number of hydrogen-bond donors (Lipinski definition) is 1. The highest BCUT2D eigenvalue weighted by atomic mass is 16.5. The maximum atomic E-state index is 5.62. The van der Waals surface area contributed by atoms with Gasteiger partial charge in [-0.3, -0.25) is 0 Å². The summed E-state index contributed by atoms with van der Waals surface area (Å²) in [5.41, 5.74) is 1.20. The van der Waals surface area contributed by atoms with E-state index in [0.717, 1.165) is 25.4 Å². The zero-order valence-electron chi connectivity index (χ0n) is 12.9. The van der Waals surface area contributed by atoms with Crippen LogP contribution in [0.2, 0.25) is 0 Å². The molecule has 114 valence electrons. The summed E-state index contributed by atoms with van der Waals surface area (Å²) < 4.78 is 16.4. The molecule has 0 saturated heterocycles. The number of nitrogens with one attached hydrogen (secondary N) is 1. The standard InChI is InChI=1S/C16H27NO3/c1-4-10-20-15-8-6-14(7-9-15)16(17-3)13-19-12-11-18-5-2/h6-9,16-17H,4-5,10-13H2,1-3H3.